The van der Waals surface area contributed by atoms with E-state index in [0.717, 1.165) is 19.3 Å². The van der Waals surface area contributed by atoms with Crippen LogP contribution in [-0.2, 0) is 0 Å². The van der Waals surface area contributed by atoms with Gasteiger partial charge < -0.3 is 14.4 Å². The van der Waals surface area contributed by atoms with E-state index in [-0.39, 0.29) is 41.4 Å². The number of carbonyl (C=O) groups is 3. The lowest BCUT2D eigenvalue weighted by Crippen LogP contribution is -2.44. The van der Waals surface area contributed by atoms with Crippen LogP contribution in [0.3, 0.4) is 0 Å². The van der Waals surface area contributed by atoms with Crippen LogP contribution in [0.2, 0.25) is 0 Å². The third kappa shape index (κ3) is 2.64. The van der Waals surface area contributed by atoms with E-state index >= 15 is 0 Å². The molecule has 1 amide bonds. The van der Waals surface area contributed by atoms with E-state index in [1.807, 2.05) is 0 Å². The van der Waals surface area contributed by atoms with Crippen molar-refractivity contribution in [3.8, 4) is 0 Å². The molecular formula is C24H22N2O4. The highest BCUT2D eigenvalue weighted by Crippen LogP contribution is 2.35. The maximum absolute atomic E-state index is 13.8. The van der Waals surface area contributed by atoms with E-state index in [4.69, 9.17) is 0 Å². The Morgan fingerprint density at radius 1 is 1.00 bits per heavy atom. The number of piperidine rings is 1. The molecule has 1 aliphatic carbocycles. The normalized spacial score (nSPS) is 18.4. The van der Waals surface area contributed by atoms with E-state index in [2.05, 4.69) is 0 Å². The molecule has 1 atom stereocenters. The number of fused-ring (bicyclic) bond motifs is 4. The molecule has 1 N–H and O–H groups in total. The number of carbonyl (C=O) groups excluding carboxylic acids is 3. The molecule has 6 nitrogen and oxygen atoms in total. The highest BCUT2D eigenvalue weighted by molar-refractivity contribution is 6.32. The third-order valence-corrected chi connectivity index (χ3v) is 6.27. The van der Waals surface area contributed by atoms with Crippen LogP contribution in [0.1, 0.15) is 68.0 Å². The van der Waals surface area contributed by atoms with Crippen LogP contribution in [-0.4, -0.2) is 51.1 Å². The Balaban J connectivity index is 1.73. The zero-order chi connectivity index (χ0) is 20.8. The Kier molecular flexibility index (Phi) is 4.51. The van der Waals surface area contributed by atoms with Gasteiger partial charge in [-0.2, -0.15) is 0 Å². The Morgan fingerprint density at radius 2 is 1.73 bits per heavy atom. The maximum atomic E-state index is 13.8. The first-order chi connectivity index (χ1) is 14.6. The second-order valence-corrected chi connectivity index (χ2v) is 7.92. The van der Waals surface area contributed by atoms with Gasteiger partial charge in [-0.25, -0.2) is 0 Å². The lowest BCUT2D eigenvalue weighted by atomic mass is 9.85. The van der Waals surface area contributed by atoms with Gasteiger partial charge >= 0.3 is 0 Å². The summed E-state index contributed by atoms with van der Waals surface area (Å²) < 4.78 is 1.67. The Hall–Kier alpha value is -3.25. The van der Waals surface area contributed by atoms with E-state index in [9.17, 15) is 19.5 Å². The maximum Gasteiger partial charge on any atom is 0.257 e. The molecule has 1 fully saturated rings. The second-order valence-electron chi connectivity index (χ2n) is 7.92. The summed E-state index contributed by atoms with van der Waals surface area (Å²) >= 11 is 0. The number of pyridine rings is 1. The van der Waals surface area contributed by atoms with Crippen molar-refractivity contribution in [2.75, 3.05) is 13.2 Å². The minimum Gasteiger partial charge on any atom is -0.396 e. The monoisotopic (exact) mass is 402 g/mol. The van der Waals surface area contributed by atoms with Gasteiger partial charge in [0, 0.05) is 36.5 Å². The van der Waals surface area contributed by atoms with Crippen molar-refractivity contribution in [3.05, 3.63) is 76.6 Å². The number of aliphatic hydroxyl groups is 1. The van der Waals surface area contributed by atoms with Crippen LogP contribution in [0.25, 0.3) is 5.52 Å². The van der Waals surface area contributed by atoms with Crippen molar-refractivity contribution in [3.63, 3.8) is 0 Å². The number of benzene rings is 1. The van der Waals surface area contributed by atoms with Gasteiger partial charge in [0.2, 0.25) is 5.78 Å². The summed E-state index contributed by atoms with van der Waals surface area (Å²) in [7, 11) is 0. The molecular weight excluding hydrogens is 380 g/mol. The zero-order valence-electron chi connectivity index (χ0n) is 16.5. The van der Waals surface area contributed by atoms with Crippen molar-refractivity contribution in [2.45, 2.75) is 31.7 Å². The molecule has 1 saturated heterocycles. The van der Waals surface area contributed by atoms with Crippen LogP contribution in [0, 0.1) is 0 Å². The molecule has 3 heterocycles. The summed E-state index contributed by atoms with van der Waals surface area (Å²) in [4.78, 5) is 42.3. The van der Waals surface area contributed by atoms with E-state index in [1.54, 1.807) is 58.0 Å². The van der Waals surface area contributed by atoms with Gasteiger partial charge in [0.1, 0.15) is 5.69 Å². The average molecular weight is 402 g/mol. The lowest BCUT2D eigenvalue weighted by Gasteiger charge is -2.35. The number of aromatic nitrogens is 1. The van der Waals surface area contributed by atoms with Gasteiger partial charge in [-0.05, 0) is 37.8 Å². The lowest BCUT2D eigenvalue weighted by molar-refractivity contribution is 0.0574. The van der Waals surface area contributed by atoms with Crippen molar-refractivity contribution >= 4 is 23.0 Å². The molecule has 152 valence electrons. The summed E-state index contributed by atoms with van der Waals surface area (Å²) in [6.07, 6.45) is 4.96. The summed E-state index contributed by atoms with van der Waals surface area (Å²) in [5.41, 5.74) is 2.02. The van der Waals surface area contributed by atoms with Crippen molar-refractivity contribution in [1.82, 2.24) is 9.30 Å². The first-order valence-corrected chi connectivity index (χ1v) is 10.4. The number of aliphatic hydroxyl groups excluding tert-OH is 1. The number of ketones is 2. The SMILES string of the molecule is O=C1c2ccccc2C(=O)c2c1c(C(=O)N1CCCCC1CCO)c1ccccn21. The van der Waals surface area contributed by atoms with Gasteiger partial charge in [0.05, 0.1) is 16.6 Å². The zero-order valence-corrected chi connectivity index (χ0v) is 16.5. The largest absolute Gasteiger partial charge is 0.396 e. The summed E-state index contributed by atoms with van der Waals surface area (Å²) in [5, 5.41) is 9.46. The Bertz CT molecular complexity index is 1190. The number of nitrogens with zero attached hydrogens (tertiary/aromatic N) is 2. The molecule has 0 radical (unpaired) electrons. The van der Waals surface area contributed by atoms with E-state index < -0.39 is 0 Å². The van der Waals surface area contributed by atoms with Crippen LogP contribution >= 0.6 is 0 Å². The average Bonchev–Trinajstić information content (AvgIpc) is 3.13. The summed E-state index contributed by atoms with van der Waals surface area (Å²) in [6, 6.07) is 12.1. The number of amides is 1. The Morgan fingerprint density at radius 3 is 2.50 bits per heavy atom. The van der Waals surface area contributed by atoms with E-state index in [1.165, 1.54) is 0 Å². The quantitative estimate of drug-likeness (QED) is 0.571. The predicted octanol–water partition coefficient (Wildman–Crippen LogP) is 3.09. The molecule has 1 aromatic carbocycles. The van der Waals surface area contributed by atoms with Crippen molar-refractivity contribution in [1.29, 1.82) is 0 Å². The first kappa shape index (κ1) is 18.8. The minimum absolute atomic E-state index is 0.00779. The molecule has 30 heavy (non-hydrogen) atoms. The van der Waals surface area contributed by atoms with Gasteiger partial charge in [-0.1, -0.05) is 30.3 Å². The fourth-order valence-electron chi connectivity index (χ4n) is 4.87. The standard InChI is InChI=1S/C24H22N2O4/c27-14-11-15-7-3-5-12-25(15)24(30)19-18-10-4-6-13-26(18)21-20(19)22(28)16-8-1-2-9-17(16)23(21)29/h1-2,4,6,8-10,13,15,27H,3,5,7,11-12,14H2. The molecule has 6 heteroatoms. The third-order valence-electron chi connectivity index (χ3n) is 6.27. The number of hydrogen-bond donors (Lipinski definition) is 1. The minimum atomic E-state index is -0.289. The van der Waals surface area contributed by atoms with Crippen molar-refractivity contribution < 1.29 is 19.5 Å². The molecule has 5 rings (SSSR count). The molecule has 0 spiro atoms. The van der Waals surface area contributed by atoms with Gasteiger partial charge in [-0.3, -0.25) is 14.4 Å². The van der Waals surface area contributed by atoms with Gasteiger partial charge in [-0.15, -0.1) is 0 Å². The predicted molar refractivity (Wildman–Crippen MR) is 111 cm³/mol. The number of hydrogen-bond acceptors (Lipinski definition) is 4. The molecule has 1 aliphatic heterocycles. The summed E-state index contributed by atoms with van der Waals surface area (Å²) in [6.45, 7) is 0.592. The summed E-state index contributed by atoms with van der Waals surface area (Å²) in [5.74, 6) is -0.771. The fraction of sp³-hybridized carbons (Fsp3) is 0.292. The van der Waals surface area contributed by atoms with Gasteiger partial charge in [0.15, 0.2) is 5.78 Å². The fourth-order valence-corrected chi connectivity index (χ4v) is 4.87. The number of rotatable bonds is 3. The highest BCUT2D eigenvalue weighted by atomic mass is 16.3. The van der Waals surface area contributed by atoms with Crippen LogP contribution < -0.4 is 0 Å². The van der Waals surface area contributed by atoms with Gasteiger partial charge in [0.25, 0.3) is 5.91 Å². The van der Waals surface area contributed by atoms with Crippen molar-refractivity contribution in [2.24, 2.45) is 0 Å². The highest BCUT2D eigenvalue weighted by Gasteiger charge is 2.39. The molecule has 2 aromatic heterocycles. The van der Waals surface area contributed by atoms with Crippen LogP contribution in [0.15, 0.2) is 48.7 Å². The van der Waals surface area contributed by atoms with Crippen LogP contribution in [0.5, 0.6) is 0 Å². The second kappa shape index (κ2) is 7.22. The smallest absolute Gasteiger partial charge is 0.257 e. The number of likely N-dealkylation sites (tertiary alicyclic amines) is 1. The van der Waals surface area contributed by atoms with Crippen LogP contribution in [0.4, 0.5) is 0 Å². The molecule has 2 aliphatic rings. The molecule has 3 aromatic rings. The molecule has 0 saturated carbocycles. The Labute approximate surface area is 173 Å². The topological polar surface area (TPSA) is 79.1 Å². The van der Waals surface area contributed by atoms with E-state index in [0.29, 0.717) is 35.2 Å². The molecule has 0 bridgehead atoms. The first-order valence-electron chi connectivity index (χ1n) is 10.4. The molecule has 1 unspecified atom stereocenters.